The fourth-order valence-corrected chi connectivity index (χ4v) is 19.3. The Labute approximate surface area is 320 Å². The molecule has 0 amide bonds. The summed E-state index contributed by atoms with van der Waals surface area (Å²) in [4.78, 5) is 7.35. The number of fused-ring (bicyclic) bond motifs is 1. The zero-order valence-electron chi connectivity index (χ0n) is 36.6. The van der Waals surface area contributed by atoms with Gasteiger partial charge in [-0.25, -0.2) is 0 Å². The number of hydrogen-bond donors (Lipinski definition) is 0. The van der Waals surface area contributed by atoms with Gasteiger partial charge in [0.15, 0.2) is 16.6 Å². The second-order valence-corrected chi connectivity index (χ2v) is 35.7. The van der Waals surface area contributed by atoms with E-state index in [2.05, 4.69) is 134 Å². The van der Waals surface area contributed by atoms with Crippen molar-refractivity contribution in [3.05, 3.63) is 24.3 Å². The van der Waals surface area contributed by atoms with Crippen molar-refractivity contribution in [2.75, 3.05) is 13.2 Å². The zero-order chi connectivity index (χ0) is 39.1. The molecule has 300 valence electrons. The number of hydroxylamine groups is 2. The minimum atomic E-state index is -2.68. The standard InChI is InChI=1S/C40H83NO6Si4/c1-19-27-50(28-20-2)44-36-34(31-42-48(15,16)38(8,9)10)41(46-40(14,23-5)26-24-25-33(6)7)35(32-43-49(17,18)39(11,12)13)37(36)45-51(47-50,29-21-3)30-22-4/h23,25,34-37H,5,19-22,24,26-32H2,1-4,6-18H3/t34-,35-,36+,37+,40-/m0/s1. The molecule has 51 heavy (non-hydrogen) atoms. The molecule has 7 nitrogen and oxygen atoms in total. The molecule has 0 aromatic carbocycles. The van der Waals surface area contributed by atoms with E-state index >= 15 is 0 Å². The Morgan fingerprint density at radius 2 is 1.08 bits per heavy atom. The first-order valence-corrected chi connectivity index (χ1v) is 30.8. The van der Waals surface area contributed by atoms with Gasteiger partial charge >= 0.3 is 17.1 Å². The molecule has 0 bridgehead atoms. The molecule has 2 heterocycles. The molecule has 0 aliphatic carbocycles. The second kappa shape index (κ2) is 18.8. The van der Waals surface area contributed by atoms with Gasteiger partial charge in [-0.3, -0.25) is 4.84 Å². The maximum absolute atomic E-state index is 7.70. The van der Waals surface area contributed by atoms with E-state index in [1.165, 1.54) is 5.57 Å². The van der Waals surface area contributed by atoms with Gasteiger partial charge < -0.3 is 21.8 Å². The maximum atomic E-state index is 7.70. The molecule has 2 rings (SSSR count). The highest BCUT2D eigenvalue weighted by Gasteiger charge is 2.63. The molecule has 0 aromatic heterocycles. The van der Waals surface area contributed by atoms with Gasteiger partial charge in [0.25, 0.3) is 0 Å². The summed E-state index contributed by atoms with van der Waals surface area (Å²) >= 11 is 0. The van der Waals surface area contributed by atoms with Gasteiger partial charge in [0.2, 0.25) is 0 Å². The number of allylic oxidation sites excluding steroid dienone is 2. The fourth-order valence-electron chi connectivity index (χ4n) is 6.93. The maximum Gasteiger partial charge on any atom is 0.329 e. The normalized spacial score (nSPS) is 25.6. The third-order valence-corrected chi connectivity index (χ3v) is 30.5. The summed E-state index contributed by atoms with van der Waals surface area (Å²) < 4.78 is 37.3. The molecule has 0 unspecified atom stereocenters. The van der Waals surface area contributed by atoms with Gasteiger partial charge in [-0.05, 0) is 94.1 Å². The predicted molar refractivity (Wildman–Crippen MR) is 227 cm³/mol. The van der Waals surface area contributed by atoms with Gasteiger partial charge in [-0.15, -0.1) is 6.58 Å². The monoisotopic (exact) mass is 786 g/mol. The molecule has 11 heteroatoms. The van der Waals surface area contributed by atoms with Crippen LogP contribution in [-0.2, 0) is 26.7 Å². The Morgan fingerprint density at radius 1 is 0.706 bits per heavy atom. The van der Waals surface area contributed by atoms with Crippen molar-refractivity contribution in [2.24, 2.45) is 0 Å². The lowest BCUT2D eigenvalue weighted by molar-refractivity contribution is -0.264. The molecule has 2 saturated heterocycles. The Bertz CT molecular complexity index is 1040. The molecule has 2 aliphatic rings. The molecule has 5 atom stereocenters. The largest absolute Gasteiger partial charge is 0.415 e. The Hall–Kier alpha value is 0.0675. The van der Waals surface area contributed by atoms with Crippen LogP contribution in [0.25, 0.3) is 0 Å². The molecule has 0 spiro atoms. The van der Waals surface area contributed by atoms with Gasteiger partial charge in [0, 0.05) is 0 Å². The lowest BCUT2D eigenvalue weighted by Crippen LogP contribution is -2.57. The smallest absolute Gasteiger partial charge is 0.329 e. The summed E-state index contributed by atoms with van der Waals surface area (Å²) in [6.45, 7) is 44.2. The topological polar surface area (TPSA) is 58.6 Å². The van der Waals surface area contributed by atoms with E-state index in [0.29, 0.717) is 13.2 Å². The first kappa shape index (κ1) is 47.2. The van der Waals surface area contributed by atoms with Gasteiger partial charge in [0.05, 0.1) is 37.5 Å². The predicted octanol–water partition coefficient (Wildman–Crippen LogP) is 12.0. The molecule has 2 fully saturated rings. The van der Waals surface area contributed by atoms with Gasteiger partial charge in [0.1, 0.15) is 5.60 Å². The van der Waals surface area contributed by atoms with Crippen LogP contribution in [0.2, 0.25) is 60.4 Å². The highest BCUT2D eigenvalue weighted by molar-refractivity contribution is 6.81. The number of hydrogen-bond acceptors (Lipinski definition) is 7. The van der Waals surface area contributed by atoms with Crippen molar-refractivity contribution in [3.63, 3.8) is 0 Å². The summed E-state index contributed by atoms with van der Waals surface area (Å²) in [6, 6.07) is 3.54. The van der Waals surface area contributed by atoms with E-state index in [-0.39, 0.29) is 34.4 Å². The Balaban J connectivity index is 2.90. The van der Waals surface area contributed by atoms with E-state index < -0.39 is 39.4 Å². The van der Waals surface area contributed by atoms with E-state index in [1.54, 1.807) is 0 Å². The van der Waals surface area contributed by atoms with Crippen molar-refractivity contribution in [1.82, 2.24) is 5.06 Å². The van der Waals surface area contributed by atoms with Crippen LogP contribution in [0.1, 0.15) is 129 Å². The third kappa shape index (κ3) is 12.3. The van der Waals surface area contributed by atoms with Crippen LogP contribution in [0.4, 0.5) is 0 Å². The molecule has 0 radical (unpaired) electrons. The molecular weight excluding hydrogens is 703 g/mol. The van der Waals surface area contributed by atoms with Crippen LogP contribution in [0.5, 0.6) is 0 Å². The van der Waals surface area contributed by atoms with Gasteiger partial charge in [-0.2, -0.15) is 5.06 Å². The van der Waals surface area contributed by atoms with Crippen LogP contribution in [-0.4, -0.2) is 81.9 Å². The van der Waals surface area contributed by atoms with Crippen LogP contribution in [0.3, 0.4) is 0 Å². The first-order chi connectivity index (χ1) is 23.4. The van der Waals surface area contributed by atoms with Crippen molar-refractivity contribution in [3.8, 4) is 0 Å². The molecule has 0 N–H and O–H groups in total. The van der Waals surface area contributed by atoms with Crippen molar-refractivity contribution < 1.29 is 26.7 Å². The number of rotatable bonds is 20. The van der Waals surface area contributed by atoms with Crippen LogP contribution in [0.15, 0.2) is 24.3 Å². The molecule has 0 aromatic rings. The summed E-state index contributed by atoms with van der Waals surface area (Å²) in [5.41, 5.74) is 0.716. The van der Waals surface area contributed by atoms with Gasteiger partial charge in [-0.1, -0.05) is 113 Å². The Morgan fingerprint density at radius 3 is 1.37 bits per heavy atom. The lowest BCUT2D eigenvalue weighted by Gasteiger charge is -2.44. The van der Waals surface area contributed by atoms with Crippen molar-refractivity contribution in [1.29, 1.82) is 0 Å². The molecule has 0 saturated carbocycles. The van der Waals surface area contributed by atoms with Crippen molar-refractivity contribution >= 4 is 33.8 Å². The zero-order valence-corrected chi connectivity index (χ0v) is 40.6. The van der Waals surface area contributed by atoms with Crippen molar-refractivity contribution in [2.45, 2.75) is 219 Å². The summed E-state index contributed by atoms with van der Waals surface area (Å²) in [5.74, 6) is 0. The first-order valence-electron chi connectivity index (χ1n) is 20.5. The minimum absolute atomic E-state index is 0.0681. The molecule has 2 aliphatic heterocycles. The van der Waals surface area contributed by atoms with E-state index in [1.807, 2.05) is 6.08 Å². The minimum Gasteiger partial charge on any atom is -0.415 e. The highest BCUT2D eigenvalue weighted by atomic mass is 28.5. The summed E-state index contributed by atoms with van der Waals surface area (Å²) in [7, 11) is -9.62. The van der Waals surface area contributed by atoms with Crippen LogP contribution in [0, 0.1) is 0 Å². The third-order valence-electron chi connectivity index (χ3n) is 12.1. The SMILES string of the molecule is C=C[C@@](C)(CCC=C(C)C)ON1[C@@H](CO[Si](C)(C)C(C)(C)C)[C@H]2O[Si](CCC)(CCC)O[Si](CCC)(CCC)O[C@@H]2[C@@H]1CO[Si](C)(C)C(C)(C)C. The second-order valence-electron chi connectivity index (χ2n) is 19.2. The quantitative estimate of drug-likeness (QED) is 0.0900. The Kier molecular flexibility index (Phi) is 17.4. The lowest BCUT2D eigenvalue weighted by atomic mass is 9.99. The fraction of sp³-hybridized carbons (Fsp3) is 0.900. The summed E-state index contributed by atoms with van der Waals surface area (Å²) in [5, 5.41) is 2.39. The van der Waals surface area contributed by atoms with E-state index in [9.17, 15) is 0 Å². The summed E-state index contributed by atoms with van der Waals surface area (Å²) in [6.07, 6.45) is 9.66. The van der Waals surface area contributed by atoms with E-state index in [0.717, 1.165) is 62.7 Å². The van der Waals surface area contributed by atoms with Crippen LogP contribution >= 0.6 is 0 Å². The highest BCUT2D eigenvalue weighted by Crippen LogP contribution is 2.47. The number of nitrogens with zero attached hydrogens (tertiary/aromatic N) is 1. The average molecular weight is 786 g/mol. The molecular formula is C40H83NO6Si4. The average Bonchev–Trinajstić information content (AvgIpc) is 3.14. The van der Waals surface area contributed by atoms with Crippen LogP contribution < -0.4 is 0 Å². The van der Waals surface area contributed by atoms with E-state index in [4.69, 9.17) is 26.7 Å².